The van der Waals surface area contributed by atoms with Crippen LogP contribution in [0.3, 0.4) is 0 Å². The van der Waals surface area contributed by atoms with Crippen LogP contribution in [0.2, 0.25) is 0 Å². The lowest BCUT2D eigenvalue weighted by molar-refractivity contribution is -0.144. The first kappa shape index (κ1) is 15.4. The first-order chi connectivity index (χ1) is 9.89. The fourth-order valence-corrected chi connectivity index (χ4v) is 2.29. The van der Waals surface area contributed by atoms with Gasteiger partial charge in [0, 0.05) is 5.69 Å². The summed E-state index contributed by atoms with van der Waals surface area (Å²) in [7, 11) is 0. The van der Waals surface area contributed by atoms with E-state index in [1.165, 1.54) is 12.1 Å². The van der Waals surface area contributed by atoms with Crippen molar-refractivity contribution in [1.29, 1.82) is 0 Å². The predicted octanol–water partition coefficient (Wildman–Crippen LogP) is 5.53. The van der Waals surface area contributed by atoms with Gasteiger partial charge in [-0.05, 0) is 23.1 Å². The number of para-hydroxylation sites is 1. The summed E-state index contributed by atoms with van der Waals surface area (Å²) in [6.45, 7) is 3.93. The maximum atomic E-state index is 13.4. The second kappa shape index (κ2) is 6.20. The van der Waals surface area contributed by atoms with E-state index in [4.69, 9.17) is 0 Å². The number of halogens is 3. The number of benzene rings is 2. The Bertz CT molecular complexity index is 576. The first-order valence-electron chi connectivity index (χ1n) is 6.86. The van der Waals surface area contributed by atoms with Gasteiger partial charge in [0.2, 0.25) is 0 Å². The minimum Gasteiger partial charge on any atom is -0.370 e. The summed E-state index contributed by atoms with van der Waals surface area (Å²) >= 11 is 0. The summed E-state index contributed by atoms with van der Waals surface area (Å²) in [4.78, 5) is 0. The molecular weight excluding hydrogens is 275 g/mol. The van der Waals surface area contributed by atoms with Crippen LogP contribution in [0.5, 0.6) is 0 Å². The molecule has 0 aromatic heterocycles. The van der Waals surface area contributed by atoms with Crippen molar-refractivity contribution in [3.05, 3.63) is 65.7 Å². The quantitative estimate of drug-likeness (QED) is 0.782. The number of hydrogen-bond acceptors (Lipinski definition) is 1. The van der Waals surface area contributed by atoms with Crippen LogP contribution in [-0.4, -0.2) is 6.18 Å². The molecule has 0 spiro atoms. The van der Waals surface area contributed by atoms with Crippen molar-refractivity contribution in [2.45, 2.75) is 32.0 Å². The van der Waals surface area contributed by atoms with Crippen molar-refractivity contribution in [3.8, 4) is 0 Å². The molecule has 0 saturated heterocycles. The van der Waals surface area contributed by atoms with E-state index in [1.54, 1.807) is 30.3 Å². The minimum atomic E-state index is -4.36. The summed E-state index contributed by atoms with van der Waals surface area (Å²) in [5.74, 6) is 0.151. The van der Waals surface area contributed by atoms with Crippen LogP contribution in [0.15, 0.2) is 54.6 Å². The minimum absolute atomic E-state index is 0.151. The molecule has 2 rings (SSSR count). The number of nitrogens with one attached hydrogen (secondary N) is 1. The molecule has 0 aliphatic carbocycles. The molecule has 1 atom stereocenters. The highest BCUT2D eigenvalue weighted by atomic mass is 19.4. The Morgan fingerprint density at radius 2 is 1.43 bits per heavy atom. The lowest BCUT2D eigenvalue weighted by Crippen LogP contribution is -2.28. The Hall–Kier alpha value is -1.97. The summed E-state index contributed by atoms with van der Waals surface area (Å²) in [6.07, 6.45) is -4.36. The normalized spacial score (nSPS) is 13.2. The Labute approximate surface area is 122 Å². The van der Waals surface area contributed by atoms with Gasteiger partial charge in [-0.1, -0.05) is 62.4 Å². The second-order valence-corrected chi connectivity index (χ2v) is 5.27. The third kappa shape index (κ3) is 3.78. The van der Waals surface area contributed by atoms with Gasteiger partial charge in [0.25, 0.3) is 0 Å². The largest absolute Gasteiger partial charge is 0.412 e. The summed E-state index contributed by atoms with van der Waals surface area (Å²) in [5, 5.41) is 2.66. The van der Waals surface area contributed by atoms with Crippen LogP contribution in [0.4, 0.5) is 18.9 Å². The van der Waals surface area contributed by atoms with Gasteiger partial charge < -0.3 is 5.32 Å². The number of rotatable bonds is 4. The van der Waals surface area contributed by atoms with Gasteiger partial charge in [0.05, 0.1) is 0 Å². The number of hydrogen-bond donors (Lipinski definition) is 1. The molecule has 1 N–H and O–H groups in total. The van der Waals surface area contributed by atoms with Gasteiger partial charge in [-0.25, -0.2) is 0 Å². The lowest BCUT2D eigenvalue weighted by Gasteiger charge is -2.25. The van der Waals surface area contributed by atoms with Crippen molar-refractivity contribution >= 4 is 5.69 Å². The molecule has 0 heterocycles. The maximum absolute atomic E-state index is 13.4. The zero-order valence-corrected chi connectivity index (χ0v) is 12.0. The molecule has 0 aliphatic rings. The van der Waals surface area contributed by atoms with Crippen molar-refractivity contribution in [3.63, 3.8) is 0 Å². The molecule has 21 heavy (non-hydrogen) atoms. The monoisotopic (exact) mass is 293 g/mol. The van der Waals surface area contributed by atoms with Crippen LogP contribution >= 0.6 is 0 Å². The van der Waals surface area contributed by atoms with E-state index in [0.29, 0.717) is 5.69 Å². The topological polar surface area (TPSA) is 12.0 Å². The zero-order chi connectivity index (χ0) is 15.5. The van der Waals surface area contributed by atoms with Gasteiger partial charge in [-0.15, -0.1) is 0 Å². The van der Waals surface area contributed by atoms with Crippen LogP contribution in [0, 0.1) is 0 Å². The highest BCUT2D eigenvalue weighted by Gasteiger charge is 2.41. The van der Waals surface area contributed by atoms with Crippen molar-refractivity contribution in [2.24, 2.45) is 0 Å². The van der Waals surface area contributed by atoms with Crippen LogP contribution in [-0.2, 0) is 0 Å². The van der Waals surface area contributed by atoms with E-state index in [0.717, 1.165) is 5.56 Å². The fourth-order valence-electron chi connectivity index (χ4n) is 2.29. The van der Waals surface area contributed by atoms with E-state index < -0.39 is 12.2 Å². The third-order valence-electron chi connectivity index (χ3n) is 3.34. The van der Waals surface area contributed by atoms with Crippen LogP contribution in [0.1, 0.15) is 36.9 Å². The average molecular weight is 293 g/mol. The Morgan fingerprint density at radius 3 is 2.00 bits per heavy atom. The molecule has 0 aliphatic heterocycles. The highest BCUT2D eigenvalue weighted by Crippen LogP contribution is 2.37. The number of alkyl halides is 3. The molecule has 0 bridgehead atoms. The van der Waals surface area contributed by atoms with Gasteiger partial charge in [-0.3, -0.25) is 0 Å². The van der Waals surface area contributed by atoms with Crippen molar-refractivity contribution < 1.29 is 13.2 Å². The first-order valence-corrected chi connectivity index (χ1v) is 6.86. The van der Waals surface area contributed by atoms with Gasteiger partial charge in [-0.2, -0.15) is 13.2 Å². The zero-order valence-electron chi connectivity index (χ0n) is 12.0. The van der Waals surface area contributed by atoms with E-state index in [1.807, 2.05) is 26.0 Å². The highest BCUT2D eigenvalue weighted by molar-refractivity contribution is 5.54. The molecule has 2 aromatic rings. The Balaban J connectivity index is 2.37. The molecule has 0 radical (unpaired) electrons. The molecule has 1 nitrogen and oxygen atoms in total. The van der Waals surface area contributed by atoms with Crippen molar-refractivity contribution in [2.75, 3.05) is 5.32 Å². The van der Waals surface area contributed by atoms with E-state index in [9.17, 15) is 13.2 Å². The average Bonchev–Trinajstić information content (AvgIpc) is 2.44. The summed E-state index contributed by atoms with van der Waals surface area (Å²) < 4.78 is 40.1. The standard InChI is InChI=1S/C17H18F3N/c1-12(2)14-10-6-7-11-15(14)21-16(17(18,19)20)13-8-4-3-5-9-13/h3-12,16,21H,1-2H3. The van der Waals surface area contributed by atoms with E-state index in [-0.39, 0.29) is 11.5 Å². The molecular formula is C17H18F3N. The van der Waals surface area contributed by atoms with Crippen molar-refractivity contribution in [1.82, 2.24) is 0 Å². The fraction of sp³-hybridized carbons (Fsp3) is 0.294. The van der Waals surface area contributed by atoms with Gasteiger partial charge in [0.1, 0.15) is 6.04 Å². The van der Waals surface area contributed by atoms with Gasteiger partial charge >= 0.3 is 6.18 Å². The van der Waals surface area contributed by atoms with E-state index >= 15 is 0 Å². The Morgan fingerprint density at radius 1 is 0.857 bits per heavy atom. The second-order valence-electron chi connectivity index (χ2n) is 5.27. The number of anilines is 1. The van der Waals surface area contributed by atoms with E-state index in [2.05, 4.69) is 5.32 Å². The molecule has 0 fully saturated rings. The molecule has 0 amide bonds. The Kier molecular flexibility index (Phi) is 4.56. The van der Waals surface area contributed by atoms with Crippen LogP contribution < -0.4 is 5.32 Å². The summed E-state index contributed by atoms with van der Waals surface area (Å²) in [6, 6.07) is 13.3. The lowest BCUT2D eigenvalue weighted by atomic mass is 9.99. The maximum Gasteiger partial charge on any atom is 0.412 e. The summed E-state index contributed by atoms with van der Waals surface area (Å²) in [5.41, 5.74) is 1.62. The van der Waals surface area contributed by atoms with Crippen LogP contribution in [0.25, 0.3) is 0 Å². The smallest absolute Gasteiger partial charge is 0.370 e. The van der Waals surface area contributed by atoms with Gasteiger partial charge in [0.15, 0.2) is 0 Å². The molecule has 1 unspecified atom stereocenters. The third-order valence-corrected chi connectivity index (χ3v) is 3.34. The molecule has 112 valence electrons. The predicted molar refractivity (Wildman–Crippen MR) is 79.4 cm³/mol. The molecule has 0 saturated carbocycles. The molecule has 2 aromatic carbocycles. The molecule has 4 heteroatoms. The SMILES string of the molecule is CC(C)c1ccccc1NC(c1ccccc1)C(F)(F)F.